The second kappa shape index (κ2) is 6.13. The van der Waals surface area contributed by atoms with E-state index in [0.29, 0.717) is 13.1 Å². The Morgan fingerprint density at radius 2 is 1.87 bits per heavy atom. The molecule has 1 saturated heterocycles. The molecule has 0 aromatic heterocycles. The predicted molar refractivity (Wildman–Crippen MR) is 86.3 cm³/mol. The van der Waals surface area contributed by atoms with E-state index in [1.807, 2.05) is 24.3 Å². The van der Waals surface area contributed by atoms with E-state index < -0.39 is 10.8 Å². The molecule has 1 amide bonds. The molecule has 2 aliphatic rings. The summed E-state index contributed by atoms with van der Waals surface area (Å²) in [4.78, 5) is 15.0. The number of ether oxygens (including phenoxy) is 1. The minimum Gasteiger partial charge on any atom is -0.497 e. The van der Waals surface area contributed by atoms with Crippen molar-refractivity contribution in [2.24, 2.45) is 5.41 Å². The fraction of sp³-hybridized carbons (Fsp3) is 0.611. The van der Waals surface area contributed by atoms with Gasteiger partial charge in [0.15, 0.2) is 0 Å². The lowest BCUT2D eigenvalue weighted by Crippen LogP contribution is -2.65. The molecule has 1 aromatic rings. The van der Waals surface area contributed by atoms with E-state index in [2.05, 4.69) is 0 Å². The summed E-state index contributed by atoms with van der Waals surface area (Å²) in [6, 6.07) is 7.80. The molecule has 0 bridgehead atoms. The number of hydrogen-bond acceptors (Lipinski definition) is 4. The maximum atomic E-state index is 13.2. The Balaban J connectivity index is 1.85. The Morgan fingerprint density at radius 3 is 2.43 bits per heavy atom. The lowest BCUT2D eigenvalue weighted by molar-refractivity contribution is -0.156. The summed E-state index contributed by atoms with van der Waals surface area (Å²) in [7, 11) is 1.63. The first-order chi connectivity index (χ1) is 11.1. The van der Waals surface area contributed by atoms with Gasteiger partial charge >= 0.3 is 0 Å². The fourth-order valence-electron chi connectivity index (χ4n) is 3.99. The van der Waals surface area contributed by atoms with Gasteiger partial charge in [-0.15, -0.1) is 0 Å². The highest BCUT2D eigenvalue weighted by Gasteiger charge is 2.52. The second-order valence-electron chi connectivity index (χ2n) is 7.00. The van der Waals surface area contributed by atoms with Crippen LogP contribution in [0.1, 0.15) is 31.2 Å². The number of carbonyl (C=O) groups excluding carboxylic acids is 1. The van der Waals surface area contributed by atoms with Crippen molar-refractivity contribution in [2.75, 3.05) is 33.4 Å². The summed E-state index contributed by atoms with van der Waals surface area (Å²) in [6.45, 7) is 0.702. The Hall–Kier alpha value is -1.59. The first kappa shape index (κ1) is 16.3. The number of methoxy groups -OCH3 is 1. The van der Waals surface area contributed by atoms with Crippen LogP contribution in [0.5, 0.6) is 5.75 Å². The number of nitrogens with zero attached hydrogens (tertiary/aromatic N) is 1. The summed E-state index contributed by atoms with van der Waals surface area (Å²) < 4.78 is 5.32. The SMILES string of the molecule is COc1cccc(C2(C(=O)N3CC(CO)(CO)C3)CCCC2)c1. The topological polar surface area (TPSA) is 70.0 Å². The molecule has 3 rings (SSSR count). The van der Waals surface area contributed by atoms with E-state index in [4.69, 9.17) is 4.74 Å². The van der Waals surface area contributed by atoms with Crippen molar-refractivity contribution in [2.45, 2.75) is 31.1 Å². The fourth-order valence-corrected chi connectivity index (χ4v) is 3.99. The van der Waals surface area contributed by atoms with E-state index in [-0.39, 0.29) is 19.1 Å². The van der Waals surface area contributed by atoms with Gasteiger partial charge < -0.3 is 19.8 Å². The number of amides is 1. The highest BCUT2D eigenvalue weighted by Crippen LogP contribution is 2.45. The van der Waals surface area contributed by atoms with Crippen molar-refractivity contribution in [3.8, 4) is 5.75 Å². The third kappa shape index (κ3) is 2.62. The van der Waals surface area contributed by atoms with Gasteiger partial charge in [0.1, 0.15) is 5.75 Å². The van der Waals surface area contributed by atoms with Gasteiger partial charge in [0.25, 0.3) is 0 Å². The van der Waals surface area contributed by atoms with Gasteiger partial charge in [0.2, 0.25) is 5.91 Å². The Kier molecular flexibility index (Phi) is 4.34. The first-order valence-electron chi connectivity index (χ1n) is 8.25. The van der Waals surface area contributed by atoms with Gasteiger partial charge in [0.05, 0.1) is 31.2 Å². The second-order valence-corrected chi connectivity index (χ2v) is 7.00. The van der Waals surface area contributed by atoms with Crippen molar-refractivity contribution in [1.29, 1.82) is 0 Å². The van der Waals surface area contributed by atoms with Crippen molar-refractivity contribution < 1.29 is 19.7 Å². The molecule has 1 aliphatic carbocycles. The normalized spacial score (nSPS) is 21.8. The van der Waals surface area contributed by atoms with Crippen molar-refractivity contribution >= 4 is 5.91 Å². The van der Waals surface area contributed by atoms with Gasteiger partial charge in [-0.25, -0.2) is 0 Å². The average Bonchev–Trinajstić information content (AvgIpc) is 3.05. The zero-order valence-corrected chi connectivity index (χ0v) is 13.6. The quantitative estimate of drug-likeness (QED) is 0.859. The molecule has 0 spiro atoms. The van der Waals surface area contributed by atoms with Crippen LogP contribution in [-0.4, -0.2) is 54.4 Å². The number of aliphatic hydroxyl groups excluding tert-OH is 2. The number of likely N-dealkylation sites (tertiary alicyclic amines) is 1. The molecule has 5 heteroatoms. The van der Waals surface area contributed by atoms with Crippen LogP contribution in [0.25, 0.3) is 0 Å². The number of rotatable bonds is 5. The number of aliphatic hydroxyl groups is 2. The number of hydrogen-bond donors (Lipinski definition) is 2. The molecule has 0 unspecified atom stereocenters. The highest BCUT2D eigenvalue weighted by molar-refractivity contribution is 5.89. The molecule has 126 valence electrons. The van der Waals surface area contributed by atoms with Crippen molar-refractivity contribution in [3.05, 3.63) is 29.8 Å². The largest absolute Gasteiger partial charge is 0.497 e. The Labute approximate surface area is 136 Å². The van der Waals surface area contributed by atoms with Crippen LogP contribution < -0.4 is 4.74 Å². The summed E-state index contributed by atoms with van der Waals surface area (Å²) in [5, 5.41) is 18.9. The third-order valence-electron chi connectivity index (χ3n) is 5.50. The minimum atomic E-state index is -0.524. The molecule has 0 radical (unpaired) electrons. The van der Waals surface area contributed by atoms with Gasteiger partial charge in [0, 0.05) is 13.1 Å². The van der Waals surface area contributed by atoms with Crippen molar-refractivity contribution in [3.63, 3.8) is 0 Å². The van der Waals surface area contributed by atoms with Gasteiger partial charge in [-0.05, 0) is 30.5 Å². The van der Waals surface area contributed by atoms with Crippen LogP contribution in [-0.2, 0) is 10.2 Å². The molecule has 1 aliphatic heterocycles. The number of benzene rings is 1. The Bertz CT molecular complexity index is 568. The predicted octanol–water partition coefficient (Wildman–Crippen LogP) is 1.32. The van der Waals surface area contributed by atoms with Crippen LogP contribution in [0.4, 0.5) is 0 Å². The van der Waals surface area contributed by atoms with Crippen molar-refractivity contribution in [1.82, 2.24) is 4.90 Å². The summed E-state index contributed by atoms with van der Waals surface area (Å²) in [6.07, 6.45) is 3.78. The zero-order valence-electron chi connectivity index (χ0n) is 13.6. The average molecular weight is 319 g/mol. The van der Waals surface area contributed by atoms with E-state index in [1.54, 1.807) is 12.0 Å². The smallest absolute Gasteiger partial charge is 0.233 e. The molecular weight excluding hydrogens is 294 g/mol. The molecule has 0 atom stereocenters. The highest BCUT2D eigenvalue weighted by atomic mass is 16.5. The molecule has 1 aromatic carbocycles. The lowest BCUT2D eigenvalue weighted by Gasteiger charge is -2.51. The molecule has 1 heterocycles. The monoisotopic (exact) mass is 319 g/mol. The first-order valence-corrected chi connectivity index (χ1v) is 8.25. The maximum Gasteiger partial charge on any atom is 0.233 e. The van der Waals surface area contributed by atoms with Gasteiger partial charge in [-0.1, -0.05) is 25.0 Å². The van der Waals surface area contributed by atoms with Gasteiger partial charge in [-0.3, -0.25) is 4.79 Å². The Morgan fingerprint density at radius 1 is 1.22 bits per heavy atom. The van der Waals surface area contributed by atoms with E-state index >= 15 is 0 Å². The molecule has 2 fully saturated rings. The van der Waals surface area contributed by atoms with Gasteiger partial charge in [-0.2, -0.15) is 0 Å². The summed E-state index contributed by atoms with van der Waals surface area (Å²) in [5.41, 5.74) is 0.0139. The maximum absolute atomic E-state index is 13.2. The standard InChI is InChI=1S/C18H25NO4/c1-23-15-6-4-5-14(9-15)18(7-2-3-8-18)16(22)19-10-17(11-19,12-20)13-21/h4-6,9,20-21H,2-3,7-8,10-13H2,1H3. The minimum absolute atomic E-state index is 0.0839. The van der Waals surface area contributed by atoms with E-state index in [1.165, 1.54) is 0 Å². The van der Waals surface area contributed by atoms with Crippen LogP contribution in [0.15, 0.2) is 24.3 Å². The summed E-state index contributed by atoms with van der Waals surface area (Å²) in [5.74, 6) is 0.894. The zero-order chi connectivity index (χ0) is 16.5. The van der Waals surface area contributed by atoms with Crippen LogP contribution >= 0.6 is 0 Å². The third-order valence-corrected chi connectivity index (χ3v) is 5.50. The van der Waals surface area contributed by atoms with Crippen LogP contribution in [0.3, 0.4) is 0 Å². The molecule has 2 N–H and O–H groups in total. The molecule has 1 saturated carbocycles. The van der Waals surface area contributed by atoms with Crippen LogP contribution in [0, 0.1) is 5.41 Å². The lowest BCUT2D eigenvalue weighted by atomic mass is 9.74. The summed E-state index contributed by atoms with van der Waals surface area (Å²) >= 11 is 0. The molecular formula is C18H25NO4. The van der Waals surface area contributed by atoms with E-state index in [0.717, 1.165) is 37.0 Å². The van der Waals surface area contributed by atoms with Crippen LogP contribution in [0.2, 0.25) is 0 Å². The molecule has 23 heavy (non-hydrogen) atoms. The molecule has 5 nitrogen and oxygen atoms in total. The van der Waals surface area contributed by atoms with E-state index in [9.17, 15) is 15.0 Å². The number of carbonyl (C=O) groups is 1.